The highest BCUT2D eigenvalue weighted by molar-refractivity contribution is 5.92. The number of nitrogens with two attached hydrogens (primary N) is 1. The lowest BCUT2D eigenvalue weighted by atomic mass is 9.90. The molecule has 0 aromatic heterocycles. The minimum atomic E-state index is -0.760. The maximum absolute atomic E-state index is 13.2. The molecule has 0 saturated carbocycles. The molecule has 1 atom stereocenters. The first-order chi connectivity index (χ1) is 16.9. The van der Waals surface area contributed by atoms with E-state index in [4.69, 9.17) is 19.9 Å². The van der Waals surface area contributed by atoms with Gasteiger partial charge in [0, 0.05) is 17.2 Å². The molecule has 3 N–H and O–H groups in total. The van der Waals surface area contributed by atoms with Gasteiger partial charge >= 0.3 is 12.0 Å². The molecule has 1 unspecified atom stereocenters. The number of urea groups is 1. The predicted octanol–water partition coefficient (Wildman–Crippen LogP) is 5.06. The number of allylic oxidation sites excluding steroid dienone is 1. The number of methoxy groups -OCH3 is 1. The van der Waals surface area contributed by atoms with Crippen LogP contribution in [0, 0.1) is 0 Å². The van der Waals surface area contributed by atoms with Crippen LogP contribution in [-0.2, 0) is 22.7 Å². The lowest BCUT2D eigenvalue weighted by Gasteiger charge is -2.21. The molecule has 0 fully saturated rings. The van der Waals surface area contributed by atoms with Crippen molar-refractivity contribution in [1.82, 2.24) is 5.32 Å². The Labute approximate surface area is 205 Å². The molecular weight excluding hydrogens is 444 g/mol. The van der Waals surface area contributed by atoms with E-state index in [1.807, 2.05) is 73.7 Å². The summed E-state index contributed by atoms with van der Waals surface area (Å²) in [6, 6.07) is 23.8. The largest absolute Gasteiger partial charge is 0.497 e. The Morgan fingerprint density at radius 2 is 1.51 bits per heavy atom. The van der Waals surface area contributed by atoms with Crippen molar-refractivity contribution in [1.29, 1.82) is 0 Å². The summed E-state index contributed by atoms with van der Waals surface area (Å²) in [6.45, 7) is 3.93. The minimum absolute atomic E-state index is 0.0645. The fourth-order valence-electron chi connectivity index (χ4n) is 3.72. The Morgan fingerprint density at radius 1 is 0.886 bits per heavy atom. The molecule has 0 aliphatic heterocycles. The first-order valence-corrected chi connectivity index (χ1v) is 11.2. The fourth-order valence-corrected chi connectivity index (χ4v) is 3.72. The fraction of sp³-hybridized carbons (Fsp3) is 0.214. The number of benzene rings is 3. The number of amides is 2. The van der Waals surface area contributed by atoms with E-state index >= 15 is 0 Å². The number of ether oxygens (including phenoxy) is 3. The second-order valence-electron chi connectivity index (χ2n) is 7.99. The quantitative estimate of drug-likeness (QED) is 0.316. The highest BCUT2D eigenvalue weighted by Gasteiger charge is 2.26. The molecule has 7 nitrogen and oxygen atoms in total. The standard InChI is InChI=1S/C28H30N2O5/c1-19(24-11-7-8-12-25(24)34-17-21-9-5-4-6-10-21)26(20(2)30-28(29)32)27(31)35-18-22-13-15-23(33-3)16-14-22/h4-16,19H,17-18H2,1-3H3,(H3,29,30,32)/b26-20+. The summed E-state index contributed by atoms with van der Waals surface area (Å²) in [5, 5.41) is 2.53. The normalized spacial score (nSPS) is 12.2. The Kier molecular flexibility index (Phi) is 8.89. The van der Waals surface area contributed by atoms with E-state index in [1.165, 1.54) is 0 Å². The van der Waals surface area contributed by atoms with E-state index in [-0.39, 0.29) is 12.2 Å². The van der Waals surface area contributed by atoms with Crippen LogP contribution in [0.4, 0.5) is 4.79 Å². The third-order valence-corrected chi connectivity index (χ3v) is 5.52. The Balaban J connectivity index is 1.84. The van der Waals surface area contributed by atoms with Gasteiger partial charge in [-0.3, -0.25) is 0 Å². The van der Waals surface area contributed by atoms with Crippen LogP contribution in [0.3, 0.4) is 0 Å². The zero-order chi connectivity index (χ0) is 25.2. The van der Waals surface area contributed by atoms with E-state index in [2.05, 4.69) is 5.32 Å². The molecule has 7 heteroatoms. The third-order valence-electron chi connectivity index (χ3n) is 5.52. The van der Waals surface area contributed by atoms with Gasteiger partial charge < -0.3 is 25.3 Å². The summed E-state index contributed by atoms with van der Waals surface area (Å²) in [6.07, 6.45) is 0. The monoisotopic (exact) mass is 474 g/mol. The van der Waals surface area contributed by atoms with Crippen molar-refractivity contribution in [3.8, 4) is 11.5 Å². The van der Waals surface area contributed by atoms with E-state index in [1.54, 1.807) is 26.2 Å². The van der Waals surface area contributed by atoms with Crippen molar-refractivity contribution in [2.24, 2.45) is 5.73 Å². The molecule has 0 bridgehead atoms. The zero-order valence-electron chi connectivity index (χ0n) is 20.1. The van der Waals surface area contributed by atoms with Crippen molar-refractivity contribution >= 4 is 12.0 Å². The summed E-state index contributed by atoms with van der Waals surface area (Å²) in [4.78, 5) is 24.8. The smallest absolute Gasteiger partial charge is 0.336 e. The highest BCUT2D eigenvalue weighted by Crippen LogP contribution is 2.34. The second kappa shape index (κ2) is 12.3. The zero-order valence-corrected chi connectivity index (χ0v) is 20.1. The van der Waals surface area contributed by atoms with Crippen molar-refractivity contribution in [3.63, 3.8) is 0 Å². The third kappa shape index (κ3) is 7.11. The first-order valence-electron chi connectivity index (χ1n) is 11.2. The van der Waals surface area contributed by atoms with E-state index < -0.39 is 17.9 Å². The summed E-state index contributed by atoms with van der Waals surface area (Å²) in [7, 11) is 1.59. The molecule has 0 spiro atoms. The van der Waals surface area contributed by atoms with Crippen LogP contribution in [0.1, 0.15) is 36.5 Å². The van der Waals surface area contributed by atoms with Gasteiger partial charge in [0.05, 0.1) is 12.7 Å². The van der Waals surface area contributed by atoms with Gasteiger partial charge in [0.2, 0.25) is 0 Å². The van der Waals surface area contributed by atoms with Gasteiger partial charge in [-0.2, -0.15) is 0 Å². The second-order valence-corrected chi connectivity index (χ2v) is 7.99. The molecule has 0 aliphatic rings. The number of rotatable bonds is 10. The van der Waals surface area contributed by atoms with E-state index in [0.29, 0.717) is 23.8 Å². The van der Waals surface area contributed by atoms with Crippen LogP contribution in [0.5, 0.6) is 11.5 Å². The molecule has 2 amide bonds. The molecule has 0 saturated heterocycles. The van der Waals surface area contributed by atoms with Crippen LogP contribution in [0.15, 0.2) is 90.1 Å². The van der Waals surface area contributed by atoms with Crippen LogP contribution in [0.2, 0.25) is 0 Å². The van der Waals surface area contributed by atoms with Gasteiger partial charge in [-0.15, -0.1) is 0 Å². The van der Waals surface area contributed by atoms with Crippen molar-refractivity contribution in [2.75, 3.05) is 7.11 Å². The van der Waals surface area contributed by atoms with E-state index in [0.717, 1.165) is 16.7 Å². The Morgan fingerprint density at radius 3 is 2.17 bits per heavy atom. The maximum atomic E-state index is 13.2. The summed E-state index contributed by atoms with van der Waals surface area (Å²) < 4.78 is 16.9. The molecule has 3 aromatic carbocycles. The number of carbonyl (C=O) groups is 2. The number of primary amides is 1. The average Bonchev–Trinajstić information content (AvgIpc) is 2.87. The van der Waals surface area contributed by atoms with Gasteiger partial charge in [-0.1, -0.05) is 67.6 Å². The number of esters is 1. The average molecular weight is 475 g/mol. The van der Waals surface area contributed by atoms with Crippen LogP contribution in [-0.4, -0.2) is 19.1 Å². The molecule has 0 aliphatic carbocycles. The van der Waals surface area contributed by atoms with Crippen molar-refractivity contribution in [2.45, 2.75) is 33.0 Å². The molecule has 3 aromatic rings. The van der Waals surface area contributed by atoms with Crippen LogP contribution in [0.25, 0.3) is 0 Å². The number of para-hydroxylation sites is 1. The SMILES string of the molecule is COc1ccc(COC(=O)/C(=C(\C)NC(N)=O)C(C)c2ccccc2OCc2ccccc2)cc1. The molecule has 3 rings (SSSR count). The molecule has 182 valence electrons. The number of nitrogens with one attached hydrogen (secondary N) is 1. The van der Waals surface area contributed by atoms with Crippen molar-refractivity contribution < 1.29 is 23.8 Å². The van der Waals surface area contributed by atoms with Crippen LogP contribution < -0.4 is 20.5 Å². The number of hydrogen-bond donors (Lipinski definition) is 2. The van der Waals surface area contributed by atoms with E-state index in [9.17, 15) is 9.59 Å². The molecule has 35 heavy (non-hydrogen) atoms. The first kappa shape index (κ1) is 25.4. The minimum Gasteiger partial charge on any atom is -0.497 e. The van der Waals surface area contributed by atoms with Gasteiger partial charge in [0.25, 0.3) is 0 Å². The Bertz CT molecular complexity index is 1170. The summed E-state index contributed by atoms with van der Waals surface area (Å²) in [5.74, 6) is 0.341. The molecule has 0 heterocycles. The molecule has 0 radical (unpaired) electrons. The maximum Gasteiger partial charge on any atom is 0.336 e. The Hall–Kier alpha value is -4.26. The summed E-state index contributed by atoms with van der Waals surface area (Å²) >= 11 is 0. The van der Waals surface area contributed by atoms with Crippen molar-refractivity contribution in [3.05, 3.63) is 107 Å². The predicted molar refractivity (Wildman–Crippen MR) is 134 cm³/mol. The van der Waals surface area contributed by atoms with Gasteiger partial charge in [0.1, 0.15) is 24.7 Å². The highest BCUT2D eigenvalue weighted by atomic mass is 16.5. The summed E-state index contributed by atoms with van der Waals surface area (Å²) in [5.41, 5.74) is 8.55. The topological polar surface area (TPSA) is 99.9 Å². The van der Waals surface area contributed by atoms with Gasteiger partial charge in [-0.25, -0.2) is 9.59 Å². The number of carbonyl (C=O) groups excluding carboxylic acids is 2. The van der Waals surface area contributed by atoms with Gasteiger partial charge in [0.15, 0.2) is 0 Å². The lowest BCUT2D eigenvalue weighted by molar-refractivity contribution is -0.140. The molecular formula is C28H30N2O5. The van der Waals surface area contributed by atoms with Gasteiger partial charge in [-0.05, 0) is 36.2 Å². The number of hydrogen-bond acceptors (Lipinski definition) is 5. The lowest BCUT2D eigenvalue weighted by Crippen LogP contribution is -2.30. The van der Waals surface area contributed by atoms with Crippen LogP contribution >= 0.6 is 0 Å².